The number of carbonyl (C=O) groups is 2. The zero-order chi connectivity index (χ0) is 21.7. The second-order valence-corrected chi connectivity index (χ2v) is 14.3. The fourth-order valence-electron chi connectivity index (χ4n) is 10.8. The van der Waals surface area contributed by atoms with Crippen molar-refractivity contribution in [3.63, 3.8) is 0 Å². The fourth-order valence-corrected chi connectivity index (χ4v) is 11.2. The number of amides is 2. The molecule has 2 amide bonds. The Hall–Kier alpha value is -0.710. The average molecular weight is 457 g/mol. The summed E-state index contributed by atoms with van der Waals surface area (Å²) in [5.41, 5.74) is -0.164. The van der Waals surface area contributed by atoms with E-state index in [2.05, 4.69) is 9.80 Å². The largest absolute Gasteiger partial charge is 0.339 e. The molecule has 8 saturated carbocycles. The third-order valence-electron chi connectivity index (χ3n) is 11.1. The van der Waals surface area contributed by atoms with Crippen molar-refractivity contribution in [1.29, 1.82) is 0 Å². The summed E-state index contributed by atoms with van der Waals surface area (Å²) in [4.78, 5) is 32.1. The summed E-state index contributed by atoms with van der Waals surface area (Å²) in [6.45, 7) is 2.87. The van der Waals surface area contributed by atoms with Crippen LogP contribution in [0.25, 0.3) is 0 Å². The highest BCUT2D eigenvalue weighted by atomic mass is 32.1. The number of thiol groups is 1. The van der Waals surface area contributed by atoms with E-state index in [4.69, 9.17) is 12.6 Å². The van der Waals surface area contributed by atoms with E-state index in [-0.39, 0.29) is 16.1 Å². The van der Waals surface area contributed by atoms with E-state index in [1.54, 1.807) is 0 Å². The standard InChI is InChI=1S/C27H40N2O2S/c30-24(26-9-17-3-18(10-26)5-19(4-17)11-26)28-1-2-29(16-23(32)15-28)25(31)27-12-20-6-21(13-27)8-22(7-20)14-27/h17-23,32H,1-16H2. The summed E-state index contributed by atoms with van der Waals surface area (Å²) in [6, 6.07) is 0. The maximum atomic E-state index is 13.9. The van der Waals surface area contributed by atoms with Crippen molar-refractivity contribution < 1.29 is 9.59 Å². The lowest BCUT2D eigenvalue weighted by Crippen LogP contribution is -2.56. The van der Waals surface area contributed by atoms with Gasteiger partial charge in [-0.15, -0.1) is 0 Å². The number of carbonyl (C=O) groups excluding carboxylic acids is 2. The molecular formula is C27H40N2O2S. The Morgan fingerprint density at radius 3 is 1.12 bits per heavy atom. The first-order valence-electron chi connectivity index (χ1n) is 13.7. The van der Waals surface area contributed by atoms with E-state index in [1.165, 1.54) is 38.5 Å². The molecule has 9 rings (SSSR count). The zero-order valence-electron chi connectivity index (χ0n) is 19.5. The van der Waals surface area contributed by atoms with E-state index in [0.717, 1.165) is 87.1 Å². The first kappa shape index (κ1) is 20.6. The third kappa shape index (κ3) is 3.15. The number of hydrogen-bond acceptors (Lipinski definition) is 3. The molecule has 0 aromatic carbocycles. The molecule has 1 aliphatic heterocycles. The van der Waals surface area contributed by atoms with E-state index in [9.17, 15) is 9.59 Å². The molecule has 0 spiro atoms. The minimum Gasteiger partial charge on any atom is -0.339 e. The van der Waals surface area contributed by atoms with Crippen LogP contribution in [0, 0.1) is 46.3 Å². The summed E-state index contributed by atoms with van der Waals surface area (Å²) in [5.74, 6) is 5.57. The molecule has 0 unspecified atom stereocenters. The molecule has 176 valence electrons. The minimum absolute atomic E-state index is 0.0771. The first-order chi connectivity index (χ1) is 15.4. The van der Waals surface area contributed by atoms with Crippen LogP contribution in [0.1, 0.15) is 77.0 Å². The van der Waals surface area contributed by atoms with E-state index in [0.29, 0.717) is 24.9 Å². The molecule has 0 atom stereocenters. The molecule has 8 bridgehead atoms. The Morgan fingerprint density at radius 2 is 0.844 bits per heavy atom. The molecule has 1 saturated heterocycles. The molecule has 0 aromatic heterocycles. The zero-order valence-corrected chi connectivity index (χ0v) is 20.4. The Balaban J connectivity index is 1.08. The quantitative estimate of drug-likeness (QED) is 0.626. The van der Waals surface area contributed by atoms with Crippen LogP contribution in [0.5, 0.6) is 0 Å². The molecule has 4 nitrogen and oxygen atoms in total. The summed E-state index contributed by atoms with van der Waals surface area (Å²) in [6.07, 6.45) is 15.0. The average Bonchev–Trinajstić information content (AvgIpc) is 2.92. The Morgan fingerprint density at radius 1 is 0.562 bits per heavy atom. The van der Waals surface area contributed by atoms with Gasteiger partial charge in [-0.3, -0.25) is 9.59 Å². The molecule has 5 heteroatoms. The van der Waals surface area contributed by atoms with Gasteiger partial charge in [0.2, 0.25) is 11.8 Å². The monoisotopic (exact) mass is 456 g/mol. The van der Waals surface area contributed by atoms with Gasteiger partial charge in [-0.05, 0) is 113 Å². The van der Waals surface area contributed by atoms with Crippen LogP contribution in [-0.4, -0.2) is 53.0 Å². The Labute approximate surface area is 198 Å². The van der Waals surface area contributed by atoms with Gasteiger partial charge >= 0.3 is 0 Å². The third-order valence-corrected chi connectivity index (χ3v) is 11.4. The molecular weight excluding hydrogens is 416 g/mol. The van der Waals surface area contributed by atoms with Gasteiger partial charge in [-0.25, -0.2) is 0 Å². The number of rotatable bonds is 2. The van der Waals surface area contributed by atoms with Crippen LogP contribution < -0.4 is 0 Å². The molecule has 8 aliphatic carbocycles. The predicted octanol–water partition coefficient (Wildman–Crippen LogP) is 4.39. The second-order valence-electron chi connectivity index (χ2n) is 13.6. The van der Waals surface area contributed by atoms with Crippen LogP contribution in [-0.2, 0) is 9.59 Å². The maximum Gasteiger partial charge on any atom is 0.228 e. The van der Waals surface area contributed by atoms with Crippen molar-refractivity contribution in [2.75, 3.05) is 26.2 Å². The van der Waals surface area contributed by atoms with Crippen molar-refractivity contribution in [3.8, 4) is 0 Å². The van der Waals surface area contributed by atoms with E-state index < -0.39 is 0 Å². The molecule has 0 radical (unpaired) electrons. The van der Waals surface area contributed by atoms with Crippen LogP contribution >= 0.6 is 12.6 Å². The van der Waals surface area contributed by atoms with Gasteiger partial charge in [0.05, 0.1) is 10.8 Å². The minimum atomic E-state index is -0.0820. The molecule has 0 aromatic rings. The fraction of sp³-hybridized carbons (Fsp3) is 0.926. The lowest BCUT2D eigenvalue weighted by molar-refractivity contribution is -0.159. The SMILES string of the molecule is O=C(N1CCN(C(=O)C23CC4CC(CC(C4)C2)C3)CC(S)C1)C12CC3CC(CC(C3)C1)C2. The maximum absolute atomic E-state index is 13.9. The van der Waals surface area contributed by atoms with Crippen molar-refractivity contribution in [3.05, 3.63) is 0 Å². The smallest absolute Gasteiger partial charge is 0.228 e. The molecule has 9 aliphatic rings. The van der Waals surface area contributed by atoms with Crippen LogP contribution in [0.4, 0.5) is 0 Å². The molecule has 0 N–H and O–H groups in total. The Kier molecular flexibility index (Phi) is 4.61. The summed E-state index contributed by atoms with van der Waals surface area (Å²) >= 11 is 4.91. The van der Waals surface area contributed by atoms with Crippen LogP contribution in [0.2, 0.25) is 0 Å². The highest BCUT2D eigenvalue weighted by Gasteiger charge is 2.57. The molecule has 32 heavy (non-hydrogen) atoms. The summed E-state index contributed by atoms with van der Waals surface area (Å²) in [5, 5.41) is 0.0771. The topological polar surface area (TPSA) is 40.6 Å². The second kappa shape index (κ2) is 7.15. The normalized spacial score (nSPS) is 51.2. The van der Waals surface area contributed by atoms with Crippen LogP contribution in [0.3, 0.4) is 0 Å². The predicted molar refractivity (Wildman–Crippen MR) is 127 cm³/mol. The van der Waals surface area contributed by atoms with Gasteiger partial charge < -0.3 is 9.80 Å². The van der Waals surface area contributed by atoms with Gasteiger partial charge in [0.25, 0.3) is 0 Å². The number of nitrogens with zero attached hydrogens (tertiary/aromatic N) is 2. The highest BCUT2D eigenvalue weighted by Crippen LogP contribution is 2.62. The number of hydrogen-bond donors (Lipinski definition) is 1. The van der Waals surface area contributed by atoms with Gasteiger partial charge in [0, 0.05) is 31.4 Å². The van der Waals surface area contributed by atoms with E-state index >= 15 is 0 Å². The van der Waals surface area contributed by atoms with Crippen molar-refractivity contribution >= 4 is 24.4 Å². The van der Waals surface area contributed by atoms with Crippen molar-refractivity contribution in [2.24, 2.45) is 46.3 Å². The highest BCUT2D eigenvalue weighted by molar-refractivity contribution is 7.81. The van der Waals surface area contributed by atoms with Gasteiger partial charge in [0.1, 0.15) is 0 Å². The molecule has 9 fully saturated rings. The summed E-state index contributed by atoms with van der Waals surface area (Å²) in [7, 11) is 0. The Bertz CT molecular complexity index is 688. The van der Waals surface area contributed by atoms with Crippen LogP contribution in [0.15, 0.2) is 0 Å². The lowest BCUT2D eigenvalue weighted by atomic mass is 9.49. The van der Waals surface area contributed by atoms with Crippen molar-refractivity contribution in [1.82, 2.24) is 9.80 Å². The molecule has 1 heterocycles. The lowest BCUT2D eigenvalue weighted by Gasteiger charge is -2.56. The van der Waals surface area contributed by atoms with Gasteiger partial charge in [-0.2, -0.15) is 12.6 Å². The van der Waals surface area contributed by atoms with E-state index in [1.807, 2.05) is 0 Å². The summed E-state index contributed by atoms with van der Waals surface area (Å²) < 4.78 is 0. The van der Waals surface area contributed by atoms with Crippen molar-refractivity contribution in [2.45, 2.75) is 82.3 Å². The van der Waals surface area contributed by atoms with Gasteiger partial charge in [0.15, 0.2) is 0 Å². The first-order valence-corrected chi connectivity index (χ1v) is 14.2. The van der Waals surface area contributed by atoms with Gasteiger partial charge in [-0.1, -0.05) is 0 Å².